The highest BCUT2D eigenvalue weighted by molar-refractivity contribution is 7.92. The van der Waals surface area contributed by atoms with Crippen LogP contribution in [0.15, 0.2) is 66.1 Å². The molecule has 7 nitrogen and oxygen atoms in total. The minimum Gasteiger partial charge on any atom is -0.309 e. The Morgan fingerprint density at radius 2 is 1.79 bits per heavy atom. The van der Waals surface area contributed by atoms with Gasteiger partial charge in [-0.15, -0.1) is 0 Å². The molecule has 0 bridgehead atoms. The molecule has 1 heterocycles. The van der Waals surface area contributed by atoms with E-state index in [9.17, 15) is 13.2 Å². The van der Waals surface area contributed by atoms with E-state index in [1.54, 1.807) is 11.6 Å². The average Bonchev–Trinajstić information content (AvgIpc) is 3.21. The van der Waals surface area contributed by atoms with Gasteiger partial charge in [0.15, 0.2) is 0 Å². The number of rotatable bonds is 8. The number of aromatic nitrogens is 2. The van der Waals surface area contributed by atoms with Crippen molar-refractivity contribution in [1.29, 1.82) is 0 Å². The van der Waals surface area contributed by atoms with Gasteiger partial charge in [0.05, 0.1) is 17.9 Å². The summed E-state index contributed by atoms with van der Waals surface area (Å²) < 4.78 is 28.5. The topological polar surface area (TPSA) is 84.3 Å². The molecule has 0 radical (unpaired) electrons. The zero-order chi connectivity index (χ0) is 24.9. The molecule has 0 atom stereocenters. The summed E-state index contributed by atoms with van der Waals surface area (Å²) in [7, 11) is -3.77. The van der Waals surface area contributed by atoms with E-state index in [1.165, 1.54) is 6.08 Å². The molecule has 0 fully saturated rings. The quantitative estimate of drug-likeness (QED) is 0.505. The van der Waals surface area contributed by atoms with E-state index in [2.05, 4.69) is 5.32 Å². The van der Waals surface area contributed by atoms with Crippen LogP contribution in [0.25, 0.3) is 11.8 Å². The smallest absolute Gasteiger partial charge is 0.240 e. The molecule has 34 heavy (non-hydrogen) atoms. The Morgan fingerprint density at radius 1 is 1.09 bits per heavy atom. The first-order valence-electron chi connectivity index (χ1n) is 11.2. The summed E-state index contributed by atoms with van der Waals surface area (Å²) in [4.78, 5) is 12.9. The second-order valence-electron chi connectivity index (χ2n) is 9.15. The molecule has 0 aliphatic carbocycles. The molecule has 180 valence electrons. The van der Waals surface area contributed by atoms with Gasteiger partial charge in [-0.2, -0.15) is 9.40 Å². The maximum Gasteiger partial charge on any atom is 0.240 e. The Labute approximate surface area is 202 Å². The van der Waals surface area contributed by atoms with Crippen molar-refractivity contribution in [1.82, 2.24) is 14.1 Å². The summed E-state index contributed by atoms with van der Waals surface area (Å²) in [6, 6.07) is 18.8. The first-order chi connectivity index (χ1) is 16.0. The van der Waals surface area contributed by atoms with Crippen molar-refractivity contribution in [2.75, 3.05) is 18.4 Å². The molecular weight excluding hydrogens is 448 g/mol. The number of sulfonamides is 1. The van der Waals surface area contributed by atoms with Gasteiger partial charge in [-0.25, -0.2) is 13.1 Å². The molecule has 0 saturated heterocycles. The molecule has 3 aromatic rings. The summed E-state index contributed by atoms with van der Waals surface area (Å²) in [5.74, 6) is 0.0570. The third-order valence-electron chi connectivity index (χ3n) is 5.26. The van der Waals surface area contributed by atoms with E-state index >= 15 is 0 Å². The number of benzene rings is 2. The van der Waals surface area contributed by atoms with Gasteiger partial charge < -0.3 is 5.32 Å². The van der Waals surface area contributed by atoms with E-state index in [1.807, 2.05) is 88.4 Å². The number of amides is 1. The third kappa shape index (κ3) is 6.42. The van der Waals surface area contributed by atoms with Gasteiger partial charge in [-0.05, 0) is 36.3 Å². The van der Waals surface area contributed by atoms with Crippen LogP contribution in [0.2, 0.25) is 0 Å². The van der Waals surface area contributed by atoms with Crippen LogP contribution in [0.3, 0.4) is 0 Å². The van der Waals surface area contributed by atoms with Gasteiger partial charge in [0.1, 0.15) is 5.82 Å². The molecule has 0 spiro atoms. The van der Waals surface area contributed by atoms with Crippen molar-refractivity contribution in [2.45, 2.75) is 40.0 Å². The Morgan fingerprint density at radius 3 is 2.41 bits per heavy atom. The van der Waals surface area contributed by atoms with Crippen LogP contribution >= 0.6 is 0 Å². The van der Waals surface area contributed by atoms with E-state index in [-0.39, 0.29) is 18.5 Å². The van der Waals surface area contributed by atoms with Crippen LogP contribution in [-0.2, 0) is 20.2 Å². The normalized spacial score (nSPS) is 12.4. The van der Waals surface area contributed by atoms with Crippen LogP contribution in [0, 0.1) is 6.92 Å². The number of nitrogens with one attached hydrogen (secondary N) is 1. The fourth-order valence-corrected chi connectivity index (χ4v) is 4.49. The van der Waals surface area contributed by atoms with Crippen LogP contribution < -0.4 is 5.32 Å². The van der Waals surface area contributed by atoms with Crippen LogP contribution in [0.4, 0.5) is 5.82 Å². The Kier molecular flexibility index (Phi) is 7.74. The fraction of sp³-hybridized carbons (Fsp3) is 0.308. The lowest BCUT2D eigenvalue weighted by Crippen LogP contribution is -2.37. The number of carbonyl (C=O) groups excluding carboxylic acids is 1. The van der Waals surface area contributed by atoms with Gasteiger partial charge in [-0.3, -0.25) is 4.79 Å². The third-order valence-corrected chi connectivity index (χ3v) is 6.84. The molecular formula is C26H32N4O3S. The average molecular weight is 481 g/mol. The molecule has 3 rings (SSSR count). The highest BCUT2D eigenvalue weighted by Crippen LogP contribution is 2.26. The molecule has 0 unspecified atom stereocenters. The molecule has 8 heteroatoms. The Balaban J connectivity index is 1.83. The van der Waals surface area contributed by atoms with Crippen molar-refractivity contribution >= 4 is 27.8 Å². The first-order valence-corrected chi connectivity index (χ1v) is 12.7. The van der Waals surface area contributed by atoms with Gasteiger partial charge in [-0.1, -0.05) is 70.2 Å². The number of nitrogens with zero attached hydrogens (tertiary/aromatic N) is 3. The molecule has 0 aliphatic heterocycles. The zero-order valence-electron chi connectivity index (χ0n) is 20.3. The molecule has 0 aliphatic rings. The van der Waals surface area contributed by atoms with Gasteiger partial charge in [0, 0.05) is 23.4 Å². The molecule has 1 aromatic heterocycles. The minimum atomic E-state index is -3.77. The maximum absolute atomic E-state index is 12.9. The van der Waals surface area contributed by atoms with Gasteiger partial charge in [0.25, 0.3) is 0 Å². The largest absolute Gasteiger partial charge is 0.309 e. The zero-order valence-corrected chi connectivity index (χ0v) is 21.1. The number of aryl methyl sites for hydroxylation is 1. The number of carbonyl (C=O) groups is 1. The maximum atomic E-state index is 12.9. The van der Waals surface area contributed by atoms with E-state index in [4.69, 9.17) is 5.10 Å². The van der Waals surface area contributed by atoms with Crippen LogP contribution in [0.1, 0.15) is 44.5 Å². The summed E-state index contributed by atoms with van der Waals surface area (Å²) in [5.41, 5.74) is 3.24. The summed E-state index contributed by atoms with van der Waals surface area (Å²) >= 11 is 0. The number of hydrogen-bond acceptors (Lipinski definition) is 4. The molecule has 1 amide bonds. The van der Waals surface area contributed by atoms with E-state index in [0.29, 0.717) is 5.82 Å². The summed E-state index contributed by atoms with van der Waals surface area (Å²) in [6.07, 6.45) is 1.53. The second-order valence-corrected chi connectivity index (χ2v) is 11.0. The number of likely N-dealkylation sites (N-methyl/N-ethyl adjacent to an activating group) is 1. The van der Waals surface area contributed by atoms with E-state index < -0.39 is 15.9 Å². The first kappa shape index (κ1) is 25.4. The summed E-state index contributed by atoms with van der Waals surface area (Å²) in [6.45, 7) is 9.70. The Bertz CT molecular complexity index is 1270. The van der Waals surface area contributed by atoms with Crippen LogP contribution in [0.5, 0.6) is 0 Å². The molecule has 2 aromatic carbocycles. The SMILES string of the molecule is CCN(CC(=O)Nc1cc(C(C)(C)C)nn1-c1cccc(C)c1)S(=O)(=O)C=Cc1ccccc1. The predicted molar refractivity (Wildman–Crippen MR) is 137 cm³/mol. The highest BCUT2D eigenvalue weighted by atomic mass is 32.2. The molecule has 0 saturated carbocycles. The summed E-state index contributed by atoms with van der Waals surface area (Å²) in [5, 5.41) is 8.71. The lowest BCUT2D eigenvalue weighted by molar-refractivity contribution is -0.116. The van der Waals surface area contributed by atoms with Gasteiger partial charge >= 0.3 is 0 Å². The highest BCUT2D eigenvalue weighted by Gasteiger charge is 2.24. The monoisotopic (exact) mass is 480 g/mol. The van der Waals surface area contributed by atoms with Gasteiger partial charge in [0.2, 0.25) is 15.9 Å². The standard InChI is InChI=1S/C26H32N4O3S/c1-6-29(34(32,33)16-15-21-12-8-7-9-13-21)19-25(31)27-24-18-23(26(3,4)5)28-30(24)22-14-10-11-20(2)17-22/h7-18H,6,19H2,1-5H3,(H,27,31). The molecule has 1 N–H and O–H groups in total. The van der Waals surface area contributed by atoms with Crippen molar-refractivity contribution in [3.63, 3.8) is 0 Å². The second kappa shape index (κ2) is 10.4. The Hall–Kier alpha value is -3.23. The van der Waals surface area contributed by atoms with E-state index in [0.717, 1.165) is 32.2 Å². The number of anilines is 1. The number of hydrogen-bond donors (Lipinski definition) is 1. The van der Waals surface area contributed by atoms with Crippen molar-refractivity contribution < 1.29 is 13.2 Å². The van der Waals surface area contributed by atoms with Crippen LogP contribution in [-0.4, -0.2) is 41.5 Å². The fourth-order valence-electron chi connectivity index (χ4n) is 3.33. The van der Waals surface area contributed by atoms with Crippen molar-refractivity contribution in [2.24, 2.45) is 0 Å². The lowest BCUT2D eigenvalue weighted by atomic mass is 9.92. The van der Waals surface area contributed by atoms with Crippen molar-refractivity contribution in [3.05, 3.63) is 82.9 Å². The minimum absolute atomic E-state index is 0.166. The van der Waals surface area contributed by atoms with Crippen molar-refractivity contribution in [3.8, 4) is 5.69 Å². The predicted octanol–water partition coefficient (Wildman–Crippen LogP) is 4.74. The lowest BCUT2D eigenvalue weighted by Gasteiger charge is -2.18.